The fourth-order valence-corrected chi connectivity index (χ4v) is 1.03. The molecule has 0 aliphatic carbocycles. The minimum atomic E-state index is -0.808. The second-order valence-corrected chi connectivity index (χ2v) is 3.22. The summed E-state index contributed by atoms with van der Waals surface area (Å²) in [6, 6.07) is 2.55. The summed E-state index contributed by atoms with van der Waals surface area (Å²) in [6.07, 6.45) is -0.702. The first-order valence-electron chi connectivity index (χ1n) is 4.41. The van der Waals surface area contributed by atoms with Crippen LogP contribution in [0.5, 0.6) is 0 Å². The number of halogens is 2. The van der Waals surface area contributed by atoms with Crippen LogP contribution >= 0.6 is 0 Å². The second kappa shape index (κ2) is 4.84. The van der Waals surface area contributed by atoms with E-state index in [9.17, 15) is 13.6 Å². The summed E-state index contributed by atoms with van der Waals surface area (Å²) in [6.45, 7) is 1.53. The van der Waals surface area contributed by atoms with E-state index in [0.29, 0.717) is 6.07 Å². The van der Waals surface area contributed by atoms with Gasteiger partial charge < -0.3 is 10.4 Å². The molecule has 0 unspecified atom stereocenters. The minimum Gasteiger partial charge on any atom is -0.392 e. The summed E-state index contributed by atoms with van der Waals surface area (Å²) in [7, 11) is 0. The standard InChI is InChI=1S/C10H11F2NO2/c1-6(14)5-13-10(15)7-2-8(11)4-9(12)3-7/h2-4,6,14H,5H2,1H3,(H,13,15)/t6-/m0/s1. The van der Waals surface area contributed by atoms with E-state index in [0.717, 1.165) is 12.1 Å². The molecule has 1 rings (SSSR count). The molecule has 5 heteroatoms. The predicted octanol–water partition coefficient (Wildman–Crippen LogP) is 1.08. The molecule has 15 heavy (non-hydrogen) atoms. The van der Waals surface area contributed by atoms with Crippen molar-refractivity contribution in [2.75, 3.05) is 6.54 Å². The van der Waals surface area contributed by atoms with Crippen LogP contribution in [0, 0.1) is 11.6 Å². The highest BCUT2D eigenvalue weighted by atomic mass is 19.1. The third kappa shape index (κ3) is 3.63. The van der Waals surface area contributed by atoms with Crippen molar-refractivity contribution in [2.24, 2.45) is 0 Å². The molecule has 1 atom stereocenters. The number of amides is 1. The van der Waals surface area contributed by atoms with Crippen LogP contribution in [-0.2, 0) is 0 Å². The van der Waals surface area contributed by atoms with Crippen LogP contribution in [0.25, 0.3) is 0 Å². The van der Waals surface area contributed by atoms with Crippen LogP contribution in [0.4, 0.5) is 8.78 Å². The van der Waals surface area contributed by atoms with Crippen LogP contribution in [-0.4, -0.2) is 23.7 Å². The Labute approximate surface area is 85.7 Å². The average Bonchev–Trinajstić information content (AvgIpc) is 2.12. The first kappa shape index (κ1) is 11.6. The molecule has 1 amide bonds. The Kier molecular flexibility index (Phi) is 3.74. The number of nitrogens with one attached hydrogen (secondary N) is 1. The van der Waals surface area contributed by atoms with Gasteiger partial charge in [-0.1, -0.05) is 0 Å². The summed E-state index contributed by atoms with van der Waals surface area (Å²) in [5.74, 6) is -2.23. The molecular formula is C10H11F2NO2. The van der Waals surface area contributed by atoms with E-state index in [1.165, 1.54) is 6.92 Å². The van der Waals surface area contributed by atoms with Gasteiger partial charge in [0.15, 0.2) is 0 Å². The Morgan fingerprint density at radius 2 is 1.93 bits per heavy atom. The molecule has 0 saturated heterocycles. The van der Waals surface area contributed by atoms with Crippen molar-refractivity contribution in [3.8, 4) is 0 Å². The third-order valence-corrected chi connectivity index (χ3v) is 1.68. The minimum absolute atomic E-state index is 0.0387. The zero-order valence-corrected chi connectivity index (χ0v) is 8.13. The number of carbonyl (C=O) groups is 1. The van der Waals surface area contributed by atoms with E-state index in [-0.39, 0.29) is 12.1 Å². The molecule has 82 valence electrons. The van der Waals surface area contributed by atoms with E-state index in [2.05, 4.69) is 5.32 Å². The normalized spacial score (nSPS) is 12.3. The van der Waals surface area contributed by atoms with Gasteiger partial charge in [0.25, 0.3) is 5.91 Å². The topological polar surface area (TPSA) is 49.3 Å². The first-order chi connectivity index (χ1) is 6.99. The maximum Gasteiger partial charge on any atom is 0.251 e. The fraction of sp³-hybridized carbons (Fsp3) is 0.300. The monoisotopic (exact) mass is 215 g/mol. The first-order valence-corrected chi connectivity index (χ1v) is 4.41. The SMILES string of the molecule is C[C@H](O)CNC(=O)c1cc(F)cc(F)c1. The van der Waals surface area contributed by atoms with Gasteiger partial charge in [0.1, 0.15) is 11.6 Å². The number of hydrogen-bond donors (Lipinski definition) is 2. The van der Waals surface area contributed by atoms with Gasteiger partial charge in [0.05, 0.1) is 6.10 Å². The lowest BCUT2D eigenvalue weighted by atomic mass is 10.2. The lowest BCUT2D eigenvalue weighted by Gasteiger charge is -2.07. The number of aliphatic hydroxyl groups excluding tert-OH is 1. The maximum absolute atomic E-state index is 12.7. The molecule has 1 aromatic rings. The van der Waals surface area contributed by atoms with Gasteiger partial charge in [-0.15, -0.1) is 0 Å². The molecule has 0 aliphatic heterocycles. The Balaban J connectivity index is 2.73. The average molecular weight is 215 g/mol. The molecule has 0 aliphatic rings. The van der Waals surface area contributed by atoms with Crippen molar-refractivity contribution >= 4 is 5.91 Å². The summed E-state index contributed by atoms with van der Waals surface area (Å²) in [4.78, 5) is 11.3. The van der Waals surface area contributed by atoms with Gasteiger partial charge in [-0.05, 0) is 19.1 Å². The van der Waals surface area contributed by atoms with Gasteiger partial charge in [0.2, 0.25) is 0 Å². The van der Waals surface area contributed by atoms with Crippen LogP contribution in [0.15, 0.2) is 18.2 Å². The zero-order valence-electron chi connectivity index (χ0n) is 8.13. The zero-order chi connectivity index (χ0) is 11.4. The number of aliphatic hydroxyl groups is 1. The van der Waals surface area contributed by atoms with Gasteiger partial charge in [-0.25, -0.2) is 8.78 Å². The van der Waals surface area contributed by atoms with Crippen molar-refractivity contribution in [3.05, 3.63) is 35.4 Å². The van der Waals surface area contributed by atoms with E-state index in [1.54, 1.807) is 0 Å². The molecule has 0 radical (unpaired) electrons. The van der Waals surface area contributed by atoms with Crippen LogP contribution in [0.1, 0.15) is 17.3 Å². The third-order valence-electron chi connectivity index (χ3n) is 1.68. The van der Waals surface area contributed by atoms with Crippen LogP contribution < -0.4 is 5.32 Å². The highest BCUT2D eigenvalue weighted by Gasteiger charge is 2.09. The largest absolute Gasteiger partial charge is 0.392 e. The molecule has 0 aromatic heterocycles. The Bertz CT molecular complexity index is 346. The number of benzene rings is 1. The lowest BCUT2D eigenvalue weighted by Crippen LogP contribution is -2.30. The maximum atomic E-state index is 12.7. The van der Waals surface area contributed by atoms with Crippen molar-refractivity contribution in [3.63, 3.8) is 0 Å². The molecule has 1 aromatic carbocycles. The predicted molar refractivity (Wildman–Crippen MR) is 50.4 cm³/mol. The van der Waals surface area contributed by atoms with E-state index in [4.69, 9.17) is 5.11 Å². The highest BCUT2D eigenvalue weighted by Crippen LogP contribution is 2.07. The molecular weight excluding hydrogens is 204 g/mol. The fourth-order valence-electron chi connectivity index (χ4n) is 1.03. The van der Waals surface area contributed by atoms with Crippen molar-refractivity contribution in [2.45, 2.75) is 13.0 Å². The Morgan fingerprint density at radius 3 is 2.40 bits per heavy atom. The van der Waals surface area contributed by atoms with Gasteiger partial charge >= 0.3 is 0 Å². The molecule has 0 spiro atoms. The van der Waals surface area contributed by atoms with E-state index >= 15 is 0 Å². The van der Waals surface area contributed by atoms with Crippen LogP contribution in [0.3, 0.4) is 0 Å². The van der Waals surface area contributed by atoms with Crippen molar-refractivity contribution in [1.82, 2.24) is 5.32 Å². The van der Waals surface area contributed by atoms with Gasteiger partial charge in [-0.2, -0.15) is 0 Å². The van der Waals surface area contributed by atoms with Crippen molar-refractivity contribution < 1.29 is 18.7 Å². The Hall–Kier alpha value is -1.49. The molecule has 0 saturated carbocycles. The summed E-state index contributed by atoms with van der Waals surface area (Å²) in [5.41, 5.74) is -0.104. The van der Waals surface area contributed by atoms with E-state index in [1.807, 2.05) is 0 Å². The second-order valence-electron chi connectivity index (χ2n) is 3.22. The molecule has 2 N–H and O–H groups in total. The summed E-state index contributed by atoms with van der Waals surface area (Å²) in [5, 5.41) is 11.2. The number of carbonyl (C=O) groups excluding carboxylic acids is 1. The van der Waals surface area contributed by atoms with Crippen LogP contribution in [0.2, 0.25) is 0 Å². The molecule has 0 heterocycles. The molecule has 0 fully saturated rings. The number of rotatable bonds is 3. The lowest BCUT2D eigenvalue weighted by molar-refractivity contribution is 0.0923. The highest BCUT2D eigenvalue weighted by molar-refractivity contribution is 5.94. The molecule has 0 bridgehead atoms. The van der Waals surface area contributed by atoms with Gasteiger partial charge in [-0.3, -0.25) is 4.79 Å². The van der Waals surface area contributed by atoms with E-state index < -0.39 is 23.6 Å². The molecule has 3 nitrogen and oxygen atoms in total. The van der Waals surface area contributed by atoms with Gasteiger partial charge in [0, 0.05) is 18.2 Å². The Morgan fingerprint density at radius 1 is 1.40 bits per heavy atom. The van der Waals surface area contributed by atoms with Crippen molar-refractivity contribution in [1.29, 1.82) is 0 Å². The quantitative estimate of drug-likeness (QED) is 0.792. The summed E-state index contributed by atoms with van der Waals surface area (Å²) < 4.78 is 25.4. The summed E-state index contributed by atoms with van der Waals surface area (Å²) >= 11 is 0. The smallest absolute Gasteiger partial charge is 0.251 e. The number of hydrogen-bond acceptors (Lipinski definition) is 2.